The van der Waals surface area contributed by atoms with E-state index in [1.165, 1.54) is 16.5 Å². The number of guanidine groups is 1. The fraction of sp³-hybridized carbons (Fsp3) is 0.667. The van der Waals surface area contributed by atoms with Crippen LogP contribution in [0.15, 0.2) is 10.4 Å². The number of aryl methyl sites for hydroxylation is 1. The summed E-state index contributed by atoms with van der Waals surface area (Å²) in [5, 5.41) is 7.81. The quantitative estimate of drug-likeness (QED) is 0.368. The first-order chi connectivity index (χ1) is 12.9. The highest BCUT2D eigenvalue weighted by Crippen LogP contribution is 2.25. The van der Waals surface area contributed by atoms with Crippen molar-refractivity contribution in [1.29, 1.82) is 0 Å². The Bertz CT molecular complexity index is 773. The standard InChI is InChI=1S/C18H29N7S2.HI/c1-6-14-22-17(27-23-14)25-9-7-24(8-10-25)16(19-5)20-11-13-12-26-15(21-13)18(2,3)4;/h12H,6-11H2,1-5H3,(H,19,20);1H. The van der Waals surface area contributed by atoms with Gasteiger partial charge in [0.25, 0.3) is 0 Å². The molecule has 0 unspecified atom stereocenters. The second kappa shape index (κ2) is 10.1. The maximum absolute atomic E-state index is 4.76. The third-order valence-electron chi connectivity index (χ3n) is 4.46. The van der Waals surface area contributed by atoms with E-state index in [2.05, 4.69) is 62.5 Å². The Morgan fingerprint density at radius 1 is 1.21 bits per heavy atom. The van der Waals surface area contributed by atoms with Crippen molar-refractivity contribution < 1.29 is 0 Å². The number of aromatic nitrogens is 3. The third-order valence-corrected chi connectivity index (χ3v) is 6.59. The van der Waals surface area contributed by atoms with Gasteiger partial charge in [0, 0.05) is 62.0 Å². The molecule has 1 saturated heterocycles. The predicted octanol–water partition coefficient (Wildman–Crippen LogP) is 3.37. The SMILES string of the molecule is CCc1nsc(N2CCN(C(=NC)NCc3csc(C(C)(C)C)n3)CC2)n1.I. The second-order valence-corrected chi connectivity index (χ2v) is 9.20. The van der Waals surface area contributed by atoms with E-state index in [0.717, 1.165) is 55.2 Å². The summed E-state index contributed by atoms with van der Waals surface area (Å²) in [6.07, 6.45) is 0.889. The maximum Gasteiger partial charge on any atom is 0.205 e. The average molecular weight is 536 g/mol. The van der Waals surface area contributed by atoms with Gasteiger partial charge in [-0.1, -0.05) is 27.7 Å². The minimum absolute atomic E-state index is 0. The van der Waals surface area contributed by atoms with Crippen molar-refractivity contribution in [2.75, 3.05) is 38.1 Å². The van der Waals surface area contributed by atoms with Gasteiger partial charge >= 0.3 is 0 Å². The van der Waals surface area contributed by atoms with Crippen LogP contribution < -0.4 is 10.2 Å². The van der Waals surface area contributed by atoms with Crippen LogP contribution in [0.2, 0.25) is 0 Å². The number of anilines is 1. The van der Waals surface area contributed by atoms with Crippen LogP contribution in [0.1, 0.15) is 44.2 Å². The van der Waals surface area contributed by atoms with Gasteiger partial charge < -0.3 is 15.1 Å². The Balaban J connectivity index is 0.00000280. The lowest BCUT2D eigenvalue weighted by atomic mass is 9.98. The Labute approximate surface area is 192 Å². The highest BCUT2D eigenvalue weighted by atomic mass is 127. The smallest absolute Gasteiger partial charge is 0.205 e. The highest BCUT2D eigenvalue weighted by molar-refractivity contribution is 14.0. The summed E-state index contributed by atoms with van der Waals surface area (Å²) in [5.41, 5.74) is 1.18. The van der Waals surface area contributed by atoms with E-state index in [0.29, 0.717) is 6.54 Å². The van der Waals surface area contributed by atoms with Crippen molar-refractivity contribution in [3.05, 3.63) is 21.9 Å². The third kappa shape index (κ3) is 5.76. The molecule has 3 rings (SSSR count). The van der Waals surface area contributed by atoms with Crippen molar-refractivity contribution >= 4 is 57.9 Å². The fourth-order valence-electron chi connectivity index (χ4n) is 2.86. The Morgan fingerprint density at radius 2 is 1.93 bits per heavy atom. The lowest BCUT2D eigenvalue weighted by molar-refractivity contribution is 0.372. The first kappa shape index (κ1) is 23.3. The van der Waals surface area contributed by atoms with Crippen molar-refractivity contribution in [2.24, 2.45) is 4.99 Å². The molecule has 0 amide bonds. The number of nitrogens with zero attached hydrogens (tertiary/aromatic N) is 6. The largest absolute Gasteiger partial charge is 0.351 e. The lowest BCUT2D eigenvalue weighted by Crippen LogP contribution is -2.52. The van der Waals surface area contributed by atoms with Crippen LogP contribution in [0.3, 0.4) is 0 Å². The molecule has 0 bridgehead atoms. The van der Waals surface area contributed by atoms with Gasteiger partial charge in [-0.25, -0.2) is 9.97 Å². The van der Waals surface area contributed by atoms with E-state index in [1.54, 1.807) is 11.3 Å². The van der Waals surface area contributed by atoms with Crippen molar-refractivity contribution in [3.63, 3.8) is 0 Å². The summed E-state index contributed by atoms with van der Waals surface area (Å²) in [4.78, 5) is 18.4. The first-order valence-corrected chi connectivity index (χ1v) is 11.0. The van der Waals surface area contributed by atoms with Gasteiger partial charge in [-0.3, -0.25) is 4.99 Å². The zero-order chi connectivity index (χ0) is 19.4. The van der Waals surface area contributed by atoms with Crippen LogP contribution >= 0.6 is 46.8 Å². The van der Waals surface area contributed by atoms with Crippen LogP contribution in [0, 0.1) is 0 Å². The molecule has 2 aromatic rings. The minimum Gasteiger partial charge on any atom is -0.351 e. The monoisotopic (exact) mass is 535 g/mol. The number of nitrogens with one attached hydrogen (secondary N) is 1. The molecule has 1 aliphatic heterocycles. The molecule has 0 aromatic carbocycles. The molecule has 0 radical (unpaired) electrons. The van der Waals surface area contributed by atoms with Crippen LogP contribution in [0.25, 0.3) is 0 Å². The predicted molar refractivity (Wildman–Crippen MR) is 130 cm³/mol. The molecule has 0 aliphatic carbocycles. The van der Waals surface area contributed by atoms with Crippen molar-refractivity contribution in [3.8, 4) is 0 Å². The van der Waals surface area contributed by atoms with E-state index < -0.39 is 0 Å². The zero-order valence-corrected chi connectivity index (χ0v) is 21.2. The number of piperazine rings is 1. The fourth-order valence-corrected chi connectivity index (χ4v) is 4.57. The summed E-state index contributed by atoms with van der Waals surface area (Å²) in [6.45, 7) is 13.1. The van der Waals surface area contributed by atoms with Gasteiger partial charge in [0.1, 0.15) is 5.82 Å². The average Bonchev–Trinajstić information content (AvgIpc) is 3.32. The molecule has 0 atom stereocenters. The number of hydrogen-bond acceptors (Lipinski definition) is 7. The number of rotatable bonds is 4. The van der Waals surface area contributed by atoms with Gasteiger partial charge in [-0.05, 0) is 0 Å². The topological polar surface area (TPSA) is 69.5 Å². The van der Waals surface area contributed by atoms with Crippen LogP contribution in [-0.4, -0.2) is 58.4 Å². The molecule has 28 heavy (non-hydrogen) atoms. The Kier molecular flexibility index (Phi) is 8.44. The first-order valence-electron chi connectivity index (χ1n) is 9.38. The van der Waals surface area contributed by atoms with Crippen molar-refractivity contribution in [1.82, 2.24) is 24.6 Å². The lowest BCUT2D eigenvalue weighted by Gasteiger charge is -2.36. The Morgan fingerprint density at radius 3 is 2.46 bits per heavy atom. The summed E-state index contributed by atoms with van der Waals surface area (Å²) in [7, 11) is 1.84. The second-order valence-electron chi connectivity index (χ2n) is 7.62. The molecule has 7 nitrogen and oxygen atoms in total. The van der Waals surface area contributed by atoms with E-state index in [1.807, 2.05) is 7.05 Å². The summed E-state index contributed by atoms with van der Waals surface area (Å²) in [6, 6.07) is 0. The molecule has 1 fully saturated rings. The van der Waals surface area contributed by atoms with E-state index >= 15 is 0 Å². The number of thiazole rings is 1. The van der Waals surface area contributed by atoms with Gasteiger partial charge in [-0.2, -0.15) is 4.37 Å². The number of halogens is 1. The minimum atomic E-state index is 0. The molecule has 0 saturated carbocycles. The van der Waals surface area contributed by atoms with Gasteiger partial charge in [-0.15, -0.1) is 35.3 Å². The molecule has 3 heterocycles. The van der Waals surface area contributed by atoms with Gasteiger partial charge in [0.2, 0.25) is 5.13 Å². The van der Waals surface area contributed by atoms with E-state index in [4.69, 9.17) is 4.98 Å². The van der Waals surface area contributed by atoms with Crippen LogP contribution in [0.4, 0.5) is 5.13 Å². The highest BCUT2D eigenvalue weighted by Gasteiger charge is 2.22. The molecular weight excluding hydrogens is 505 g/mol. The van der Waals surface area contributed by atoms with Crippen LogP contribution in [0.5, 0.6) is 0 Å². The summed E-state index contributed by atoms with van der Waals surface area (Å²) < 4.78 is 4.40. The molecule has 2 aromatic heterocycles. The molecule has 1 N–H and O–H groups in total. The zero-order valence-electron chi connectivity index (χ0n) is 17.2. The molecule has 10 heteroatoms. The van der Waals surface area contributed by atoms with Gasteiger partial charge in [0.05, 0.1) is 17.2 Å². The summed E-state index contributed by atoms with van der Waals surface area (Å²) >= 11 is 3.23. The van der Waals surface area contributed by atoms with E-state index in [9.17, 15) is 0 Å². The van der Waals surface area contributed by atoms with Crippen LogP contribution in [-0.2, 0) is 18.4 Å². The molecule has 1 aliphatic rings. The van der Waals surface area contributed by atoms with E-state index in [-0.39, 0.29) is 29.4 Å². The number of hydrogen-bond donors (Lipinski definition) is 1. The maximum atomic E-state index is 4.76. The molecule has 0 spiro atoms. The normalized spacial score (nSPS) is 15.5. The Hall–Kier alpha value is -1.01. The number of aliphatic imine (C=N–C) groups is 1. The van der Waals surface area contributed by atoms with Gasteiger partial charge in [0.15, 0.2) is 5.96 Å². The molecule has 156 valence electrons. The van der Waals surface area contributed by atoms with Crippen molar-refractivity contribution in [2.45, 2.75) is 46.1 Å². The summed E-state index contributed by atoms with van der Waals surface area (Å²) in [5.74, 6) is 1.87. The molecular formula is C18H30IN7S2.